The van der Waals surface area contributed by atoms with Crippen molar-refractivity contribution in [3.05, 3.63) is 48.0 Å². The van der Waals surface area contributed by atoms with Crippen molar-refractivity contribution in [1.82, 2.24) is 4.31 Å². The second kappa shape index (κ2) is 6.24. The molecule has 2 heterocycles. The molecule has 1 saturated heterocycles. The molecule has 0 N–H and O–H groups in total. The number of ether oxygens (including phenoxy) is 3. The number of rotatable bonds is 4. The highest BCUT2D eigenvalue weighted by Gasteiger charge is 2.34. The van der Waals surface area contributed by atoms with E-state index in [4.69, 9.17) is 14.2 Å². The van der Waals surface area contributed by atoms with Gasteiger partial charge in [0, 0.05) is 19.2 Å². The van der Waals surface area contributed by atoms with Crippen LogP contribution in [0.5, 0.6) is 17.2 Å². The van der Waals surface area contributed by atoms with E-state index in [1.54, 1.807) is 24.3 Å². The van der Waals surface area contributed by atoms with Crippen molar-refractivity contribution in [3.8, 4) is 17.2 Å². The second-order valence-electron chi connectivity index (χ2n) is 6.14. The zero-order valence-electron chi connectivity index (χ0n) is 13.8. The summed E-state index contributed by atoms with van der Waals surface area (Å²) in [7, 11) is -2.00. The predicted molar refractivity (Wildman–Crippen MR) is 91.7 cm³/mol. The molecule has 1 fully saturated rings. The molecule has 2 aliphatic rings. The minimum absolute atomic E-state index is 0.148. The summed E-state index contributed by atoms with van der Waals surface area (Å²) in [6.07, 6.45) is 0.781. The number of fused-ring (bicyclic) bond motifs is 1. The molecule has 0 saturated carbocycles. The zero-order valence-corrected chi connectivity index (χ0v) is 14.7. The molecule has 0 spiro atoms. The molecular formula is C18H19NO5S. The van der Waals surface area contributed by atoms with Crippen LogP contribution < -0.4 is 14.2 Å². The highest BCUT2D eigenvalue weighted by molar-refractivity contribution is 7.89. The van der Waals surface area contributed by atoms with Gasteiger partial charge < -0.3 is 14.2 Å². The summed E-state index contributed by atoms with van der Waals surface area (Å²) in [6, 6.07) is 12.4. The Morgan fingerprint density at radius 3 is 2.80 bits per heavy atom. The summed E-state index contributed by atoms with van der Waals surface area (Å²) in [5.41, 5.74) is 1.08. The third-order valence-electron chi connectivity index (χ3n) is 4.70. The Labute approximate surface area is 147 Å². The van der Waals surface area contributed by atoms with Gasteiger partial charge in [-0.1, -0.05) is 12.1 Å². The molecule has 2 aliphatic heterocycles. The van der Waals surface area contributed by atoms with Crippen molar-refractivity contribution in [1.29, 1.82) is 0 Å². The number of methoxy groups -OCH3 is 1. The first kappa shape index (κ1) is 16.2. The molecule has 25 heavy (non-hydrogen) atoms. The van der Waals surface area contributed by atoms with Gasteiger partial charge in [-0.2, -0.15) is 4.31 Å². The van der Waals surface area contributed by atoms with Crippen LogP contribution in [0.15, 0.2) is 47.4 Å². The Morgan fingerprint density at radius 1 is 1.12 bits per heavy atom. The van der Waals surface area contributed by atoms with Crippen LogP contribution in [0.25, 0.3) is 0 Å². The highest BCUT2D eigenvalue weighted by atomic mass is 32.2. The van der Waals surface area contributed by atoms with Gasteiger partial charge in [-0.25, -0.2) is 8.42 Å². The van der Waals surface area contributed by atoms with Crippen molar-refractivity contribution >= 4 is 10.0 Å². The molecule has 4 rings (SSSR count). The first-order valence-corrected chi connectivity index (χ1v) is 9.56. The average Bonchev–Trinajstić information content (AvgIpc) is 3.30. The number of hydrogen-bond donors (Lipinski definition) is 0. The van der Waals surface area contributed by atoms with Gasteiger partial charge in [0.05, 0.1) is 12.0 Å². The summed E-state index contributed by atoms with van der Waals surface area (Å²) in [4.78, 5) is 0.262. The summed E-state index contributed by atoms with van der Waals surface area (Å²) in [5.74, 6) is 2.15. The molecule has 132 valence electrons. The Bertz CT molecular complexity index is 896. The maximum atomic E-state index is 12.9. The van der Waals surface area contributed by atoms with Gasteiger partial charge in [-0.15, -0.1) is 0 Å². The zero-order chi connectivity index (χ0) is 17.4. The fourth-order valence-electron chi connectivity index (χ4n) is 3.30. The van der Waals surface area contributed by atoms with E-state index < -0.39 is 10.0 Å². The Morgan fingerprint density at radius 2 is 1.96 bits per heavy atom. The van der Waals surface area contributed by atoms with Gasteiger partial charge in [0.15, 0.2) is 11.5 Å². The molecule has 2 aromatic carbocycles. The number of benzene rings is 2. The van der Waals surface area contributed by atoms with Gasteiger partial charge in [0.1, 0.15) is 5.75 Å². The third-order valence-corrected chi connectivity index (χ3v) is 6.56. The molecule has 0 aliphatic carbocycles. The molecule has 1 atom stereocenters. The summed E-state index contributed by atoms with van der Waals surface area (Å²) in [5, 5.41) is 0. The molecule has 0 radical (unpaired) electrons. The van der Waals surface area contributed by atoms with Crippen molar-refractivity contribution in [3.63, 3.8) is 0 Å². The minimum atomic E-state index is -3.53. The smallest absolute Gasteiger partial charge is 0.243 e. The standard InChI is InChI=1S/C18H19NO5S/c1-22-15-3-2-4-16(10-15)25(20,21)19-8-7-14(11-19)13-5-6-17-18(9-13)24-12-23-17/h2-6,9-10,14H,7-8,11-12H2,1H3. The van der Waals surface area contributed by atoms with Crippen LogP contribution in [-0.2, 0) is 10.0 Å². The van der Waals surface area contributed by atoms with Crippen LogP contribution in [0.1, 0.15) is 17.9 Å². The van der Waals surface area contributed by atoms with Crippen LogP contribution in [0.2, 0.25) is 0 Å². The second-order valence-corrected chi connectivity index (χ2v) is 8.08. The van der Waals surface area contributed by atoms with Gasteiger partial charge in [0.25, 0.3) is 0 Å². The lowest BCUT2D eigenvalue weighted by atomic mass is 9.98. The van der Waals surface area contributed by atoms with Gasteiger partial charge in [-0.3, -0.25) is 0 Å². The molecular weight excluding hydrogens is 342 g/mol. The van der Waals surface area contributed by atoms with E-state index >= 15 is 0 Å². The van der Waals surface area contributed by atoms with Crippen molar-refractivity contribution < 1.29 is 22.6 Å². The number of hydrogen-bond acceptors (Lipinski definition) is 5. The largest absolute Gasteiger partial charge is 0.497 e. The van der Waals surface area contributed by atoms with Gasteiger partial charge in [-0.05, 0) is 42.2 Å². The van der Waals surface area contributed by atoms with E-state index in [-0.39, 0.29) is 17.6 Å². The fourth-order valence-corrected chi connectivity index (χ4v) is 4.83. The molecule has 0 amide bonds. The average molecular weight is 361 g/mol. The van der Waals surface area contributed by atoms with Crippen LogP contribution in [-0.4, -0.2) is 39.7 Å². The van der Waals surface area contributed by atoms with Gasteiger partial charge >= 0.3 is 0 Å². The minimum Gasteiger partial charge on any atom is -0.497 e. The lowest BCUT2D eigenvalue weighted by Crippen LogP contribution is -2.28. The molecule has 0 aromatic heterocycles. The predicted octanol–water partition coefficient (Wildman–Crippen LogP) is 2.60. The Hall–Kier alpha value is -2.25. The van der Waals surface area contributed by atoms with Crippen LogP contribution in [0.3, 0.4) is 0 Å². The topological polar surface area (TPSA) is 65.1 Å². The quantitative estimate of drug-likeness (QED) is 0.838. The van der Waals surface area contributed by atoms with Crippen molar-refractivity contribution in [2.24, 2.45) is 0 Å². The van der Waals surface area contributed by atoms with E-state index in [2.05, 4.69) is 0 Å². The number of nitrogens with zero attached hydrogens (tertiary/aromatic N) is 1. The van der Waals surface area contributed by atoms with Gasteiger partial charge in [0.2, 0.25) is 16.8 Å². The van der Waals surface area contributed by atoms with E-state index in [0.717, 1.165) is 23.5 Å². The maximum absolute atomic E-state index is 12.9. The van der Waals surface area contributed by atoms with E-state index in [0.29, 0.717) is 18.8 Å². The SMILES string of the molecule is COc1cccc(S(=O)(=O)N2CCC(c3ccc4c(c3)OCO4)C2)c1. The lowest BCUT2D eigenvalue weighted by Gasteiger charge is -2.17. The fraction of sp³-hybridized carbons (Fsp3) is 0.333. The Kier molecular flexibility index (Phi) is 4.05. The molecule has 6 nitrogen and oxygen atoms in total. The van der Waals surface area contributed by atoms with E-state index in [9.17, 15) is 8.42 Å². The highest BCUT2D eigenvalue weighted by Crippen LogP contribution is 2.38. The number of sulfonamides is 1. The molecule has 0 bridgehead atoms. The summed E-state index contributed by atoms with van der Waals surface area (Å²) in [6.45, 7) is 1.19. The van der Waals surface area contributed by atoms with E-state index in [1.807, 2.05) is 18.2 Å². The Balaban J connectivity index is 1.55. The first-order valence-electron chi connectivity index (χ1n) is 8.12. The van der Waals surface area contributed by atoms with Crippen molar-refractivity contribution in [2.45, 2.75) is 17.2 Å². The molecule has 2 aromatic rings. The molecule has 7 heteroatoms. The molecule has 1 unspecified atom stereocenters. The maximum Gasteiger partial charge on any atom is 0.243 e. The first-order chi connectivity index (χ1) is 12.1. The summed E-state index contributed by atoms with van der Waals surface area (Å²) < 4.78 is 43.2. The van der Waals surface area contributed by atoms with Crippen LogP contribution in [0.4, 0.5) is 0 Å². The van der Waals surface area contributed by atoms with Crippen LogP contribution >= 0.6 is 0 Å². The van der Waals surface area contributed by atoms with Crippen LogP contribution in [0, 0.1) is 0 Å². The normalized spacial score (nSPS) is 20.0. The van der Waals surface area contributed by atoms with Crippen molar-refractivity contribution in [2.75, 3.05) is 27.0 Å². The van der Waals surface area contributed by atoms with E-state index in [1.165, 1.54) is 11.4 Å². The third kappa shape index (κ3) is 2.94. The summed E-state index contributed by atoms with van der Waals surface area (Å²) >= 11 is 0. The monoisotopic (exact) mass is 361 g/mol. The lowest BCUT2D eigenvalue weighted by molar-refractivity contribution is 0.174.